The van der Waals surface area contributed by atoms with Gasteiger partial charge in [0.25, 0.3) is 10.0 Å². The molecule has 1 aromatic heterocycles. The second-order valence-electron chi connectivity index (χ2n) is 5.45. The Bertz CT molecular complexity index is 933. The third kappa shape index (κ3) is 3.80. The van der Waals surface area contributed by atoms with Crippen molar-refractivity contribution < 1.29 is 12.8 Å². The van der Waals surface area contributed by atoms with Crippen molar-refractivity contribution in [1.29, 1.82) is 0 Å². The number of nitrogens with one attached hydrogen (secondary N) is 1. The van der Waals surface area contributed by atoms with E-state index in [1.165, 1.54) is 18.3 Å². The Morgan fingerprint density at radius 1 is 1.04 bits per heavy atom. The van der Waals surface area contributed by atoms with E-state index in [1.807, 2.05) is 19.1 Å². The van der Waals surface area contributed by atoms with Crippen LogP contribution in [0.4, 0.5) is 15.9 Å². The van der Waals surface area contributed by atoms with Crippen LogP contribution >= 0.6 is 0 Å². The number of aromatic nitrogens is 2. The summed E-state index contributed by atoms with van der Waals surface area (Å²) in [7, 11) is -3.60. The standard InChI is InChI=1S/C17H16FN3O2S/c1-13-2-4-14(5-3-13)12-24(22,23)21-11-10-17(20-21)19-16-8-6-15(18)7-9-16/h2-11H,12H2,1H3,(H,19,20). The average Bonchev–Trinajstić information content (AvgIpc) is 3.01. The quantitative estimate of drug-likeness (QED) is 0.769. The Labute approximate surface area is 139 Å². The van der Waals surface area contributed by atoms with Crippen LogP contribution < -0.4 is 5.32 Å². The first-order chi connectivity index (χ1) is 11.4. The predicted molar refractivity (Wildman–Crippen MR) is 91.1 cm³/mol. The van der Waals surface area contributed by atoms with Crippen molar-refractivity contribution in [2.24, 2.45) is 0 Å². The summed E-state index contributed by atoms with van der Waals surface area (Å²) >= 11 is 0. The van der Waals surface area contributed by atoms with Crippen LogP contribution in [0.15, 0.2) is 60.8 Å². The number of hydrogen-bond donors (Lipinski definition) is 1. The number of anilines is 2. The van der Waals surface area contributed by atoms with Crippen LogP contribution in [0.1, 0.15) is 11.1 Å². The number of halogens is 1. The lowest BCUT2D eigenvalue weighted by molar-refractivity contribution is 0.579. The molecule has 1 heterocycles. The van der Waals surface area contributed by atoms with E-state index < -0.39 is 10.0 Å². The van der Waals surface area contributed by atoms with Gasteiger partial charge in [0, 0.05) is 18.0 Å². The van der Waals surface area contributed by atoms with E-state index in [2.05, 4.69) is 10.4 Å². The van der Waals surface area contributed by atoms with Crippen LogP contribution in [0.25, 0.3) is 0 Å². The first kappa shape index (κ1) is 16.2. The average molecular weight is 345 g/mol. The maximum absolute atomic E-state index is 12.9. The second kappa shape index (κ2) is 6.45. The van der Waals surface area contributed by atoms with Crippen molar-refractivity contribution in [3.8, 4) is 0 Å². The summed E-state index contributed by atoms with van der Waals surface area (Å²) in [5.41, 5.74) is 2.39. The van der Waals surface area contributed by atoms with Crippen LogP contribution in [-0.2, 0) is 15.8 Å². The maximum atomic E-state index is 12.9. The molecule has 2 aromatic carbocycles. The summed E-state index contributed by atoms with van der Waals surface area (Å²) in [5, 5.41) is 6.97. The first-order valence-corrected chi connectivity index (χ1v) is 8.90. The van der Waals surface area contributed by atoms with Gasteiger partial charge in [-0.2, -0.15) is 4.09 Å². The number of aryl methyl sites for hydroxylation is 1. The van der Waals surface area contributed by atoms with E-state index in [0.717, 1.165) is 9.65 Å². The van der Waals surface area contributed by atoms with E-state index in [-0.39, 0.29) is 11.6 Å². The van der Waals surface area contributed by atoms with Crippen molar-refractivity contribution in [3.05, 3.63) is 77.7 Å². The molecule has 0 aliphatic heterocycles. The molecule has 1 N–H and O–H groups in total. The van der Waals surface area contributed by atoms with Crippen LogP contribution in [0.3, 0.4) is 0 Å². The van der Waals surface area contributed by atoms with Crippen molar-refractivity contribution in [2.45, 2.75) is 12.7 Å². The first-order valence-electron chi connectivity index (χ1n) is 7.29. The van der Waals surface area contributed by atoms with Gasteiger partial charge in [-0.1, -0.05) is 29.8 Å². The van der Waals surface area contributed by atoms with Gasteiger partial charge in [0.2, 0.25) is 0 Å². The molecule has 124 valence electrons. The number of nitrogens with zero attached hydrogens (tertiary/aromatic N) is 2. The lowest BCUT2D eigenvalue weighted by atomic mass is 10.2. The molecular weight excluding hydrogens is 329 g/mol. The summed E-state index contributed by atoms with van der Waals surface area (Å²) in [6.07, 6.45) is 1.38. The highest BCUT2D eigenvalue weighted by Crippen LogP contribution is 2.16. The molecule has 0 amide bonds. The Hall–Kier alpha value is -2.67. The van der Waals surface area contributed by atoms with Crippen LogP contribution in [0.5, 0.6) is 0 Å². The zero-order valence-electron chi connectivity index (χ0n) is 13.0. The largest absolute Gasteiger partial charge is 0.339 e. The summed E-state index contributed by atoms with van der Waals surface area (Å²) in [4.78, 5) is 0. The smallest absolute Gasteiger partial charge is 0.258 e. The number of hydrogen-bond acceptors (Lipinski definition) is 4. The fraction of sp³-hybridized carbons (Fsp3) is 0.118. The molecule has 0 radical (unpaired) electrons. The molecule has 0 aliphatic rings. The predicted octanol–water partition coefficient (Wildman–Crippen LogP) is 3.45. The van der Waals surface area contributed by atoms with E-state index in [4.69, 9.17) is 0 Å². The van der Waals surface area contributed by atoms with Gasteiger partial charge in [0.1, 0.15) is 5.82 Å². The van der Waals surface area contributed by atoms with Gasteiger partial charge < -0.3 is 5.32 Å². The topological polar surface area (TPSA) is 64.0 Å². The molecule has 0 fully saturated rings. The minimum Gasteiger partial charge on any atom is -0.339 e. The minimum atomic E-state index is -3.60. The Morgan fingerprint density at radius 2 is 1.71 bits per heavy atom. The minimum absolute atomic E-state index is 0.134. The van der Waals surface area contributed by atoms with Gasteiger partial charge >= 0.3 is 0 Å². The monoisotopic (exact) mass is 345 g/mol. The SMILES string of the molecule is Cc1ccc(CS(=O)(=O)n2ccc(Nc3ccc(F)cc3)n2)cc1. The van der Waals surface area contributed by atoms with E-state index >= 15 is 0 Å². The molecule has 3 rings (SSSR count). The molecule has 7 heteroatoms. The van der Waals surface area contributed by atoms with Crippen molar-refractivity contribution in [2.75, 3.05) is 5.32 Å². The van der Waals surface area contributed by atoms with Crippen molar-refractivity contribution >= 4 is 21.5 Å². The van der Waals surface area contributed by atoms with E-state index in [1.54, 1.807) is 30.3 Å². The Kier molecular flexibility index (Phi) is 4.35. The Balaban J connectivity index is 1.76. The maximum Gasteiger partial charge on any atom is 0.258 e. The van der Waals surface area contributed by atoms with Gasteiger partial charge in [-0.25, -0.2) is 12.8 Å². The zero-order valence-corrected chi connectivity index (χ0v) is 13.8. The van der Waals surface area contributed by atoms with Gasteiger partial charge in [-0.05, 0) is 36.8 Å². The second-order valence-corrected chi connectivity index (χ2v) is 7.27. The lowest BCUT2D eigenvalue weighted by Crippen LogP contribution is -2.15. The molecular formula is C17H16FN3O2S. The molecule has 0 bridgehead atoms. The van der Waals surface area contributed by atoms with Crippen LogP contribution in [0, 0.1) is 12.7 Å². The van der Waals surface area contributed by atoms with Gasteiger partial charge in [-0.3, -0.25) is 0 Å². The summed E-state index contributed by atoms with van der Waals surface area (Å²) in [6, 6.07) is 14.6. The van der Waals surface area contributed by atoms with E-state index in [0.29, 0.717) is 17.1 Å². The van der Waals surface area contributed by atoms with Crippen LogP contribution in [0.2, 0.25) is 0 Å². The number of rotatable bonds is 5. The normalized spacial score (nSPS) is 11.4. The van der Waals surface area contributed by atoms with Gasteiger partial charge in [-0.15, -0.1) is 5.10 Å². The van der Waals surface area contributed by atoms with Gasteiger partial charge in [0.15, 0.2) is 5.82 Å². The molecule has 0 saturated carbocycles. The third-order valence-electron chi connectivity index (χ3n) is 3.44. The summed E-state index contributed by atoms with van der Waals surface area (Å²) < 4.78 is 38.7. The highest BCUT2D eigenvalue weighted by atomic mass is 32.2. The molecule has 0 unspecified atom stereocenters. The summed E-state index contributed by atoms with van der Waals surface area (Å²) in [6.45, 7) is 1.94. The number of benzene rings is 2. The molecule has 0 aliphatic carbocycles. The molecule has 0 saturated heterocycles. The Morgan fingerprint density at radius 3 is 2.38 bits per heavy atom. The van der Waals surface area contributed by atoms with Gasteiger partial charge in [0.05, 0.1) is 5.75 Å². The van der Waals surface area contributed by atoms with Crippen LogP contribution in [-0.4, -0.2) is 17.6 Å². The highest BCUT2D eigenvalue weighted by Gasteiger charge is 2.16. The molecule has 5 nitrogen and oxygen atoms in total. The third-order valence-corrected chi connectivity index (χ3v) is 4.91. The fourth-order valence-corrected chi connectivity index (χ4v) is 3.38. The van der Waals surface area contributed by atoms with Crippen molar-refractivity contribution in [3.63, 3.8) is 0 Å². The lowest BCUT2D eigenvalue weighted by Gasteiger charge is -2.05. The fourth-order valence-electron chi connectivity index (χ4n) is 2.17. The molecule has 0 spiro atoms. The van der Waals surface area contributed by atoms with E-state index in [9.17, 15) is 12.8 Å². The highest BCUT2D eigenvalue weighted by molar-refractivity contribution is 7.89. The molecule has 24 heavy (non-hydrogen) atoms. The van der Waals surface area contributed by atoms with Crippen molar-refractivity contribution in [1.82, 2.24) is 9.19 Å². The molecule has 0 atom stereocenters. The zero-order chi connectivity index (χ0) is 17.2. The molecule has 3 aromatic rings. The summed E-state index contributed by atoms with van der Waals surface area (Å²) in [5.74, 6) is -0.105.